The number of aryl methyl sites for hydroxylation is 2. The van der Waals surface area contributed by atoms with Crippen molar-refractivity contribution < 1.29 is 9.53 Å². The highest BCUT2D eigenvalue weighted by molar-refractivity contribution is 7.07. The molecule has 0 spiro atoms. The SMILES string of the molecule is COc1ccc([C@H]2C(C(=O)Nc3ccccc3)=C(C)N=c3sc(=Cc4cn(C)nc4C)c(=O)n32)cc1. The van der Waals surface area contributed by atoms with Crippen LogP contribution in [0.25, 0.3) is 6.08 Å². The number of methoxy groups -OCH3 is 1. The Balaban J connectivity index is 1.68. The molecule has 182 valence electrons. The summed E-state index contributed by atoms with van der Waals surface area (Å²) in [5, 5.41) is 7.33. The number of benzene rings is 2. The number of hydrogen-bond acceptors (Lipinski definition) is 6. The Labute approximate surface area is 211 Å². The number of allylic oxidation sites excluding steroid dienone is 1. The number of nitrogens with zero attached hydrogens (tertiary/aromatic N) is 4. The number of carbonyl (C=O) groups excluding carboxylic acids is 1. The molecule has 1 aliphatic heterocycles. The van der Waals surface area contributed by atoms with Crippen LogP contribution in [-0.2, 0) is 11.8 Å². The Morgan fingerprint density at radius 1 is 1.11 bits per heavy atom. The van der Waals surface area contributed by atoms with Crippen molar-refractivity contribution in [3.63, 3.8) is 0 Å². The Hall–Kier alpha value is -4.24. The quantitative estimate of drug-likeness (QED) is 0.457. The van der Waals surface area contributed by atoms with E-state index in [1.54, 1.807) is 23.3 Å². The lowest BCUT2D eigenvalue weighted by molar-refractivity contribution is -0.113. The minimum atomic E-state index is -0.645. The van der Waals surface area contributed by atoms with E-state index < -0.39 is 6.04 Å². The molecule has 1 N–H and O–H groups in total. The summed E-state index contributed by atoms with van der Waals surface area (Å²) in [4.78, 5) is 32.5. The van der Waals surface area contributed by atoms with Crippen molar-refractivity contribution in [1.29, 1.82) is 0 Å². The fourth-order valence-electron chi connectivity index (χ4n) is 4.33. The number of rotatable bonds is 5. The molecule has 8 nitrogen and oxygen atoms in total. The van der Waals surface area contributed by atoms with Crippen LogP contribution >= 0.6 is 11.3 Å². The van der Waals surface area contributed by atoms with Crippen molar-refractivity contribution >= 4 is 29.0 Å². The fourth-order valence-corrected chi connectivity index (χ4v) is 5.37. The average Bonchev–Trinajstić information content (AvgIpc) is 3.35. The van der Waals surface area contributed by atoms with E-state index in [9.17, 15) is 9.59 Å². The predicted octanol–water partition coefficient (Wildman–Crippen LogP) is 2.92. The maximum atomic E-state index is 13.8. The molecule has 36 heavy (non-hydrogen) atoms. The summed E-state index contributed by atoms with van der Waals surface area (Å²) in [5.74, 6) is 0.384. The molecule has 0 saturated carbocycles. The van der Waals surface area contributed by atoms with Crippen LogP contribution in [0.2, 0.25) is 0 Å². The number of thiazole rings is 1. The topological polar surface area (TPSA) is 90.5 Å². The molecule has 4 aromatic rings. The van der Waals surface area contributed by atoms with Gasteiger partial charge in [0.2, 0.25) is 0 Å². The van der Waals surface area contributed by atoms with E-state index in [0.29, 0.717) is 32.0 Å². The Bertz CT molecular complexity index is 1660. The highest BCUT2D eigenvalue weighted by Crippen LogP contribution is 2.31. The molecule has 1 amide bonds. The van der Waals surface area contributed by atoms with Crippen molar-refractivity contribution in [1.82, 2.24) is 14.3 Å². The van der Waals surface area contributed by atoms with Crippen LogP contribution in [0.15, 0.2) is 81.9 Å². The van der Waals surface area contributed by atoms with E-state index in [1.807, 2.05) is 80.8 Å². The van der Waals surface area contributed by atoms with Crippen molar-refractivity contribution in [2.75, 3.05) is 12.4 Å². The standard InChI is InChI=1S/C27H25N5O3S/c1-16-19(15-31(3)30-16)14-22-26(34)32-24(18-10-12-21(35-4)13-11-18)23(17(2)28-27(32)36-22)25(33)29-20-8-6-5-7-9-20/h5-15,24H,1-4H3,(H,29,33)/t24-/m0/s1. The van der Waals surface area contributed by atoms with Gasteiger partial charge in [0, 0.05) is 24.5 Å². The van der Waals surface area contributed by atoms with Crippen molar-refractivity contribution in [2.45, 2.75) is 19.9 Å². The highest BCUT2D eigenvalue weighted by atomic mass is 32.1. The Morgan fingerprint density at radius 3 is 2.47 bits per heavy atom. The van der Waals surface area contributed by atoms with Crippen LogP contribution in [0.5, 0.6) is 5.75 Å². The molecule has 0 radical (unpaired) electrons. The normalized spacial score (nSPS) is 15.4. The van der Waals surface area contributed by atoms with Crippen molar-refractivity contribution in [2.24, 2.45) is 12.0 Å². The maximum Gasteiger partial charge on any atom is 0.271 e. The first-order valence-electron chi connectivity index (χ1n) is 11.4. The Kier molecular flexibility index (Phi) is 6.15. The molecule has 2 aromatic carbocycles. The molecule has 5 rings (SSSR count). The number of aromatic nitrogens is 3. The zero-order valence-corrected chi connectivity index (χ0v) is 21.2. The minimum Gasteiger partial charge on any atom is -0.497 e. The van der Waals surface area contributed by atoms with Crippen LogP contribution in [0, 0.1) is 6.92 Å². The van der Waals surface area contributed by atoms with Gasteiger partial charge in [-0.15, -0.1) is 0 Å². The predicted molar refractivity (Wildman–Crippen MR) is 140 cm³/mol. The van der Waals surface area contributed by atoms with Crippen LogP contribution in [0.3, 0.4) is 0 Å². The first kappa shape index (κ1) is 23.5. The third-order valence-corrected chi connectivity index (χ3v) is 7.05. The first-order valence-corrected chi connectivity index (χ1v) is 12.2. The first-order chi connectivity index (χ1) is 17.4. The summed E-state index contributed by atoms with van der Waals surface area (Å²) in [6.07, 6.45) is 3.71. The van der Waals surface area contributed by atoms with E-state index in [4.69, 9.17) is 4.74 Å². The van der Waals surface area contributed by atoms with Gasteiger partial charge in [-0.25, -0.2) is 4.99 Å². The number of amides is 1. The molecule has 0 saturated heterocycles. The third-order valence-electron chi connectivity index (χ3n) is 6.07. The number of nitrogens with one attached hydrogen (secondary N) is 1. The van der Waals surface area contributed by atoms with E-state index in [2.05, 4.69) is 15.4 Å². The molecular formula is C27H25N5O3S. The van der Waals surface area contributed by atoms with E-state index in [-0.39, 0.29) is 11.5 Å². The lowest BCUT2D eigenvalue weighted by Gasteiger charge is -2.25. The van der Waals surface area contributed by atoms with Crippen molar-refractivity contribution in [3.05, 3.63) is 109 Å². The fraction of sp³-hybridized carbons (Fsp3) is 0.185. The second-order valence-corrected chi connectivity index (χ2v) is 9.53. The molecule has 2 aromatic heterocycles. The summed E-state index contributed by atoms with van der Waals surface area (Å²) >= 11 is 1.30. The summed E-state index contributed by atoms with van der Waals surface area (Å²) in [6, 6.07) is 16.0. The lowest BCUT2D eigenvalue weighted by Crippen LogP contribution is -2.40. The minimum absolute atomic E-state index is 0.208. The van der Waals surface area contributed by atoms with Gasteiger partial charge in [0.15, 0.2) is 4.80 Å². The van der Waals surface area contributed by atoms with Gasteiger partial charge in [-0.2, -0.15) is 5.10 Å². The Morgan fingerprint density at radius 2 is 1.83 bits per heavy atom. The van der Waals surface area contributed by atoms with Gasteiger partial charge in [0.05, 0.1) is 34.6 Å². The second-order valence-electron chi connectivity index (χ2n) is 8.52. The lowest BCUT2D eigenvalue weighted by atomic mass is 9.95. The summed E-state index contributed by atoms with van der Waals surface area (Å²) < 4.78 is 9.17. The summed E-state index contributed by atoms with van der Waals surface area (Å²) in [7, 11) is 3.44. The average molecular weight is 500 g/mol. The van der Waals surface area contributed by atoms with E-state index >= 15 is 0 Å². The molecule has 1 atom stereocenters. The molecule has 3 heterocycles. The maximum absolute atomic E-state index is 13.8. The number of para-hydroxylation sites is 1. The summed E-state index contributed by atoms with van der Waals surface area (Å²) in [5.41, 5.74) is 3.92. The van der Waals surface area contributed by atoms with Gasteiger partial charge in [0.25, 0.3) is 11.5 Å². The van der Waals surface area contributed by atoms with Crippen LogP contribution < -0.4 is 24.9 Å². The van der Waals surface area contributed by atoms with Crippen LogP contribution in [0.1, 0.15) is 29.8 Å². The number of ether oxygens (including phenoxy) is 1. The van der Waals surface area contributed by atoms with Crippen LogP contribution in [-0.4, -0.2) is 27.4 Å². The molecule has 0 unspecified atom stereocenters. The number of fused-ring (bicyclic) bond motifs is 1. The third kappa shape index (κ3) is 4.29. The van der Waals surface area contributed by atoms with Gasteiger partial charge in [0.1, 0.15) is 5.75 Å². The van der Waals surface area contributed by atoms with Crippen molar-refractivity contribution in [3.8, 4) is 5.75 Å². The largest absolute Gasteiger partial charge is 0.497 e. The summed E-state index contributed by atoms with van der Waals surface area (Å²) in [6.45, 7) is 3.71. The number of carbonyl (C=O) groups is 1. The van der Waals surface area contributed by atoms with Crippen LogP contribution in [0.4, 0.5) is 5.69 Å². The molecule has 9 heteroatoms. The van der Waals surface area contributed by atoms with Gasteiger partial charge in [-0.1, -0.05) is 41.7 Å². The molecule has 0 fully saturated rings. The van der Waals surface area contributed by atoms with E-state index in [1.165, 1.54) is 11.3 Å². The zero-order chi connectivity index (χ0) is 25.4. The number of anilines is 1. The van der Waals surface area contributed by atoms with Gasteiger partial charge in [-0.05, 0) is 49.8 Å². The van der Waals surface area contributed by atoms with Gasteiger partial charge in [-0.3, -0.25) is 18.8 Å². The molecule has 1 aliphatic rings. The molecule has 0 aliphatic carbocycles. The zero-order valence-electron chi connectivity index (χ0n) is 20.4. The highest BCUT2D eigenvalue weighted by Gasteiger charge is 2.32. The molecule has 0 bridgehead atoms. The number of hydrogen-bond donors (Lipinski definition) is 1. The second kappa shape index (κ2) is 9.43. The van der Waals surface area contributed by atoms with Gasteiger partial charge < -0.3 is 10.1 Å². The van der Waals surface area contributed by atoms with Gasteiger partial charge >= 0.3 is 0 Å². The molecular weight excluding hydrogens is 474 g/mol. The van der Waals surface area contributed by atoms with E-state index in [0.717, 1.165) is 16.8 Å². The smallest absolute Gasteiger partial charge is 0.271 e. The monoisotopic (exact) mass is 499 g/mol.